The lowest BCUT2D eigenvalue weighted by Crippen LogP contribution is -2.34. The summed E-state index contributed by atoms with van der Waals surface area (Å²) in [5.74, 6) is 0.0504. The summed E-state index contributed by atoms with van der Waals surface area (Å²) >= 11 is 0. The van der Waals surface area contributed by atoms with Crippen LogP contribution in [-0.2, 0) is 21.7 Å². The summed E-state index contributed by atoms with van der Waals surface area (Å²) in [6.45, 7) is 22.7. The Morgan fingerprint density at radius 3 is 1.50 bits per heavy atom. The predicted molar refractivity (Wildman–Crippen MR) is 167 cm³/mol. The molecule has 40 heavy (non-hydrogen) atoms. The highest BCUT2D eigenvalue weighted by molar-refractivity contribution is 6.10. The van der Waals surface area contributed by atoms with Crippen molar-refractivity contribution in [1.82, 2.24) is 0 Å². The van der Waals surface area contributed by atoms with E-state index < -0.39 is 6.10 Å². The summed E-state index contributed by atoms with van der Waals surface area (Å²) in [6.07, 6.45) is 3.85. The summed E-state index contributed by atoms with van der Waals surface area (Å²) in [5.41, 5.74) is 11.2. The fourth-order valence-corrected chi connectivity index (χ4v) is 7.15. The molecule has 2 nitrogen and oxygen atoms in total. The molecule has 0 aromatic heterocycles. The monoisotopic (exact) mass is 536 g/mol. The minimum atomic E-state index is -0.733. The highest BCUT2D eigenvalue weighted by atomic mass is 16.3. The van der Waals surface area contributed by atoms with Crippen LogP contribution in [0.15, 0.2) is 48.5 Å². The van der Waals surface area contributed by atoms with Crippen molar-refractivity contribution in [2.75, 3.05) is 0 Å². The van der Waals surface area contributed by atoms with Crippen molar-refractivity contribution in [2.45, 2.75) is 123 Å². The molecule has 0 spiro atoms. The van der Waals surface area contributed by atoms with Crippen molar-refractivity contribution in [2.24, 2.45) is 0 Å². The largest absolute Gasteiger partial charge is 0.384 e. The summed E-state index contributed by atoms with van der Waals surface area (Å²) in [7, 11) is 0. The van der Waals surface area contributed by atoms with Crippen LogP contribution in [-0.4, -0.2) is 10.9 Å². The molecule has 2 heteroatoms. The van der Waals surface area contributed by atoms with E-state index in [9.17, 15) is 9.90 Å². The van der Waals surface area contributed by atoms with E-state index in [0.717, 1.165) is 47.1 Å². The van der Waals surface area contributed by atoms with E-state index in [2.05, 4.69) is 93.5 Å². The third-order valence-electron chi connectivity index (χ3n) is 10.5. The molecule has 0 aliphatic heterocycles. The van der Waals surface area contributed by atoms with Gasteiger partial charge in [-0.05, 0) is 112 Å². The van der Waals surface area contributed by atoms with Crippen molar-refractivity contribution >= 4 is 5.78 Å². The van der Waals surface area contributed by atoms with E-state index in [4.69, 9.17) is 0 Å². The maximum absolute atomic E-state index is 13.8. The Balaban J connectivity index is 1.47. The number of hydrogen-bond donors (Lipinski definition) is 1. The number of ketones is 1. The van der Waals surface area contributed by atoms with Crippen LogP contribution in [0, 0.1) is 13.8 Å². The zero-order chi connectivity index (χ0) is 29.4. The van der Waals surface area contributed by atoms with Crippen LogP contribution >= 0.6 is 0 Å². The van der Waals surface area contributed by atoms with Gasteiger partial charge in [0, 0.05) is 11.1 Å². The van der Waals surface area contributed by atoms with E-state index >= 15 is 0 Å². The fraction of sp³-hybridized carbons (Fsp3) is 0.500. The Morgan fingerprint density at radius 2 is 1.02 bits per heavy atom. The first-order chi connectivity index (χ1) is 18.4. The molecule has 0 amide bonds. The average Bonchev–Trinajstić information content (AvgIpc) is 2.88. The highest BCUT2D eigenvalue weighted by Gasteiger charge is 2.39. The van der Waals surface area contributed by atoms with Gasteiger partial charge in [0.05, 0.1) is 0 Å². The third-order valence-corrected chi connectivity index (χ3v) is 10.5. The molecule has 0 heterocycles. The maximum atomic E-state index is 13.8. The summed E-state index contributed by atoms with van der Waals surface area (Å²) in [6, 6.07) is 16.6. The van der Waals surface area contributed by atoms with Gasteiger partial charge in [-0.2, -0.15) is 0 Å². The number of aliphatic hydroxyl groups excluding tert-OH is 1. The first-order valence-corrected chi connectivity index (χ1v) is 15.1. The molecule has 0 fully saturated rings. The van der Waals surface area contributed by atoms with E-state index in [1.54, 1.807) is 0 Å². The van der Waals surface area contributed by atoms with E-state index in [1.165, 1.54) is 28.7 Å². The predicted octanol–water partition coefficient (Wildman–Crippen LogP) is 9.31. The van der Waals surface area contributed by atoms with Crippen molar-refractivity contribution in [3.05, 3.63) is 104 Å². The van der Waals surface area contributed by atoms with Gasteiger partial charge in [0.1, 0.15) is 6.10 Å². The smallest absolute Gasteiger partial charge is 0.193 e. The molecular weight excluding hydrogens is 488 g/mol. The Bertz CT molecular complexity index is 1480. The quantitative estimate of drug-likeness (QED) is 0.337. The Kier molecular flexibility index (Phi) is 6.78. The standard InChI is InChI=1S/C38H48O2/c1-23-19-29-31(37(7,8)17-15-35(29,3)4)21-27(23)33(39)25-11-13-26(14-12-25)34(40)28-22-32-30(20-24(28)2)36(5,6)16-18-38(32,9)10/h11-14,19-22,33,39H,15-18H2,1-10H3. The topological polar surface area (TPSA) is 37.3 Å². The van der Waals surface area contributed by atoms with Crippen LogP contribution in [0.4, 0.5) is 0 Å². The summed E-state index contributed by atoms with van der Waals surface area (Å²) < 4.78 is 0. The molecule has 3 aromatic rings. The minimum Gasteiger partial charge on any atom is -0.384 e. The number of carbonyl (C=O) groups excluding carboxylic acids is 1. The summed E-state index contributed by atoms with van der Waals surface area (Å²) in [4.78, 5) is 13.8. The van der Waals surface area contributed by atoms with E-state index in [1.807, 2.05) is 24.3 Å². The second-order valence-electron chi connectivity index (χ2n) is 15.4. The summed E-state index contributed by atoms with van der Waals surface area (Å²) in [5, 5.41) is 11.5. The molecule has 2 aliphatic rings. The number of benzene rings is 3. The van der Waals surface area contributed by atoms with Crippen LogP contribution < -0.4 is 0 Å². The molecule has 0 saturated carbocycles. The molecule has 3 aromatic carbocycles. The van der Waals surface area contributed by atoms with Gasteiger partial charge in [-0.25, -0.2) is 0 Å². The number of fused-ring (bicyclic) bond motifs is 2. The van der Waals surface area contributed by atoms with Gasteiger partial charge in [-0.1, -0.05) is 97.9 Å². The van der Waals surface area contributed by atoms with E-state index in [-0.39, 0.29) is 27.4 Å². The number of aryl methyl sites for hydroxylation is 2. The molecule has 1 unspecified atom stereocenters. The van der Waals surface area contributed by atoms with Crippen molar-refractivity contribution in [1.29, 1.82) is 0 Å². The zero-order valence-electron chi connectivity index (χ0n) is 26.4. The Morgan fingerprint density at radius 1 is 0.625 bits per heavy atom. The van der Waals surface area contributed by atoms with Gasteiger partial charge in [-0.15, -0.1) is 0 Å². The molecule has 0 bridgehead atoms. The van der Waals surface area contributed by atoms with E-state index in [0.29, 0.717) is 5.56 Å². The normalized spacial score (nSPS) is 20.8. The van der Waals surface area contributed by atoms with Crippen LogP contribution in [0.3, 0.4) is 0 Å². The molecule has 1 atom stereocenters. The lowest BCUT2D eigenvalue weighted by atomic mass is 9.62. The van der Waals surface area contributed by atoms with Crippen molar-refractivity contribution < 1.29 is 9.90 Å². The first-order valence-electron chi connectivity index (χ1n) is 15.1. The van der Waals surface area contributed by atoms with Crippen LogP contribution in [0.2, 0.25) is 0 Å². The second kappa shape index (κ2) is 9.41. The van der Waals surface area contributed by atoms with Gasteiger partial charge in [-0.3, -0.25) is 4.79 Å². The number of aliphatic hydroxyl groups is 1. The van der Waals surface area contributed by atoms with Gasteiger partial charge in [0.15, 0.2) is 5.78 Å². The van der Waals surface area contributed by atoms with Gasteiger partial charge in [0.25, 0.3) is 0 Å². The van der Waals surface area contributed by atoms with Crippen molar-refractivity contribution in [3.8, 4) is 0 Å². The van der Waals surface area contributed by atoms with Gasteiger partial charge < -0.3 is 5.11 Å². The third kappa shape index (κ3) is 4.77. The Hall–Kier alpha value is -2.71. The second-order valence-corrected chi connectivity index (χ2v) is 15.4. The Labute approximate surface area is 242 Å². The van der Waals surface area contributed by atoms with Crippen LogP contribution in [0.1, 0.15) is 148 Å². The maximum Gasteiger partial charge on any atom is 0.193 e. The van der Waals surface area contributed by atoms with Gasteiger partial charge in [0.2, 0.25) is 0 Å². The van der Waals surface area contributed by atoms with Crippen LogP contribution in [0.5, 0.6) is 0 Å². The molecule has 0 saturated heterocycles. The van der Waals surface area contributed by atoms with Crippen molar-refractivity contribution in [3.63, 3.8) is 0 Å². The SMILES string of the molecule is Cc1cc2c(cc1C(=O)c1ccc(C(O)c3cc4c(cc3C)C(C)(C)CCC4(C)C)cc1)C(C)(C)CCC2(C)C. The molecule has 1 N–H and O–H groups in total. The van der Waals surface area contributed by atoms with Gasteiger partial charge >= 0.3 is 0 Å². The zero-order valence-corrected chi connectivity index (χ0v) is 26.4. The number of carbonyl (C=O) groups is 1. The lowest BCUT2D eigenvalue weighted by molar-refractivity contribution is 0.103. The highest BCUT2D eigenvalue weighted by Crippen LogP contribution is 2.48. The average molecular weight is 537 g/mol. The van der Waals surface area contributed by atoms with Crippen LogP contribution in [0.25, 0.3) is 0 Å². The molecule has 5 rings (SSSR count). The molecule has 2 aliphatic carbocycles. The first kappa shape index (κ1) is 28.8. The molecular formula is C38H48O2. The minimum absolute atomic E-state index is 0.0504. The fourth-order valence-electron chi connectivity index (χ4n) is 7.15. The molecule has 0 radical (unpaired) electrons. The molecule has 212 valence electrons. The number of rotatable bonds is 4. The number of hydrogen-bond acceptors (Lipinski definition) is 2. The lowest BCUT2D eigenvalue weighted by Gasteiger charge is -2.42.